The predicted octanol–water partition coefficient (Wildman–Crippen LogP) is 7.15. The number of esters is 3. The van der Waals surface area contributed by atoms with Gasteiger partial charge in [-0.3, -0.25) is 19.2 Å². The third kappa shape index (κ3) is 8.73. The van der Waals surface area contributed by atoms with Crippen LogP contribution in [0.15, 0.2) is 146 Å². The maximum absolute atomic E-state index is 14.8. The van der Waals surface area contributed by atoms with E-state index in [1.807, 2.05) is 121 Å². The molecule has 0 heterocycles. The van der Waals surface area contributed by atoms with Crippen LogP contribution < -0.4 is 4.74 Å². The Hall–Kier alpha value is -6.22. The van der Waals surface area contributed by atoms with E-state index >= 15 is 0 Å². The van der Waals surface area contributed by atoms with Crippen LogP contribution in [-0.4, -0.2) is 35.8 Å². The first kappa shape index (κ1) is 35.6. The van der Waals surface area contributed by atoms with Crippen molar-refractivity contribution in [3.8, 4) is 11.5 Å². The average molecular weight is 698 g/mol. The number of carbonyl (C=O) groups is 4. The molecule has 1 amide bonds. The maximum Gasteiger partial charge on any atom is 0.311 e. The van der Waals surface area contributed by atoms with Gasteiger partial charge in [-0.1, -0.05) is 121 Å². The Kier molecular flexibility index (Phi) is 11.7. The van der Waals surface area contributed by atoms with Gasteiger partial charge in [0, 0.05) is 13.1 Å². The quantitative estimate of drug-likeness (QED) is 0.0890. The minimum atomic E-state index is -1.28. The van der Waals surface area contributed by atoms with E-state index in [9.17, 15) is 19.2 Å². The molecule has 1 aliphatic carbocycles. The largest absolute Gasteiger partial charge is 0.469 e. The summed E-state index contributed by atoms with van der Waals surface area (Å²) in [5.74, 6) is -6.60. The fraction of sp³-hybridized carbons (Fsp3) is 0.209. The van der Waals surface area contributed by atoms with Crippen molar-refractivity contribution in [1.29, 1.82) is 0 Å². The van der Waals surface area contributed by atoms with Crippen LogP contribution in [0.3, 0.4) is 0 Å². The number of hydrogen-bond donors (Lipinski definition) is 0. The van der Waals surface area contributed by atoms with Gasteiger partial charge in [-0.25, -0.2) is 0 Å². The van der Waals surface area contributed by atoms with E-state index in [0.717, 1.165) is 22.3 Å². The van der Waals surface area contributed by atoms with Crippen LogP contribution in [0.4, 0.5) is 0 Å². The van der Waals surface area contributed by atoms with Gasteiger partial charge in [-0.05, 0) is 46.5 Å². The summed E-state index contributed by atoms with van der Waals surface area (Å²) < 4.78 is 22.4. The molecule has 5 aromatic rings. The van der Waals surface area contributed by atoms with Gasteiger partial charge in [-0.15, -0.1) is 0 Å². The van der Waals surface area contributed by atoms with Crippen LogP contribution in [0.1, 0.15) is 22.3 Å². The third-order valence-electron chi connectivity index (χ3n) is 9.10. The number of methoxy groups -OCH3 is 1. The standard InChI is InChI=1S/C43H39NO8/c1-49-41(46)39-37(42(47)50-28-32-16-8-3-9-17-32)36(38(39)43(48)51-29-33-18-10-4-11-19-33)40(45)44(26-30-14-6-2-7-15-30)27-31-22-24-35(25-23-31)52-34-20-12-5-13-21-34/h2-25,36-39H,26-29H2,1H3/t36?,37-,38-,39?/m0/s1. The van der Waals surface area contributed by atoms with Crippen molar-refractivity contribution in [3.63, 3.8) is 0 Å². The first-order chi connectivity index (χ1) is 25.4. The van der Waals surface area contributed by atoms with Gasteiger partial charge in [0.15, 0.2) is 0 Å². The van der Waals surface area contributed by atoms with E-state index in [1.54, 1.807) is 29.2 Å². The second-order valence-electron chi connectivity index (χ2n) is 12.6. The van der Waals surface area contributed by atoms with Crippen molar-refractivity contribution in [2.75, 3.05) is 7.11 Å². The fourth-order valence-electron chi connectivity index (χ4n) is 6.46. The number of rotatable bonds is 14. The molecule has 0 aromatic heterocycles. The molecule has 52 heavy (non-hydrogen) atoms. The number of carbonyl (C=O) groups excluding carboxylic acids is 4. The SMILES string of the molecule is COC(=O)C1[C@@H](C(=O)OCc2ccccc2)C(C(=O)N(Cc2ccccc2)Cc2ccc(Oc3ccccc3)cc2)[C@@H]1C(=O)OCc1ccccc1. The number of ether oxygens (including phenoxy) is 4. The molecule has 2 atom stereocenters. The van der Waals surface area contributed by atoms with Gasteiger partial charge in [0.1, 0.15) is 24.7 Å². The van der Waals surface area contributed by atoms with Crippen LogP contribution >= 0.6 is 0 Å². The van der Waals surface area contributed by atoms with Crippen molar-refractivity contribution in [2.45, 2.75) is 26.3 Å². The lowest BCUT2D eigenvalue weighted by Crippen LogP contribution is -2.62. The zero-order valence-corrected chi connectivity index (χ0v) is 28.7. The van der Waals surface area contributed by atoms with Crippen molar-refractivity contribution >= 4 is 23.8 Å². The summed E-state index contributed by atoms with van der Waals surface area (Å²) in [5.41, 5.74) is 3.10. The van der Waals surface area contributed by atoms with Crippen molar-refractivity contribution in [3.05, 3.63) is 168 Å². The van der Waals surface area contributed by atoms with Gasteiger partial charge in [-0.2, -0.15) is 0 Å². The van der Waals surface area contributed by atoms with Crippen molar-refractivity contribution in [1.82, 2.24) is 4.90 Å². The smallest absolute Gasteiger partial charge is 0.311 e. The molecular formula is C43H39NO8. The normalized spacial score (nSPS) is 17.6. The minimum Gasteiger partial charge on any atom is -0.469 e. The van der Waals surface area contributed by atoms with Gasteiger partial charge in [0.25, 0.3) is 0 Å². The Morgan fingerprint density at radius 2 is 0.846 bits per heavy atom. The lowest BCUT2D eigenvalue weighted by molar-refractivity contribution is -0.196. The van der Waals surface area contributed by atoms with Crippen LogP contribution in [0.25, 0.3) is 0 Å². The highest BCUT2D eigenvalue weighted by Gasteiger charge is 2.65. The zero-order valence-electron chi connectivity index (χ0n) is 28.7. The van der Waals surface area contributed by atoms with Crippen LogP contribution in [0.2, 0.25) is 0 Å². The van der Waals surface area contributed by atoms with Gasteiger partial charge >= 0.3 is 17.9 Å². The minimum absolute atomic E-state index is 0.0702. The number of nitrogens with zero attached hydrogens (tertiary/aromatic N) is 1. The number of benzene rings is 5. The molecule has 0 bridgehead atoms. The van der Waals surface area contributed by atoms with E-state index in [1.165, 1.54) is 7.11 Å². The van der Waals surface area contributed by atoms with Gasteiger partial charge in [0.05, 0.1) is 30.8 Å². The predicted molar refractivity (Wildman–Crippen MR) is 192 cm³/mol. The van der Waals surface area contributed by atoms with Crippen LogP contribution in [-0.2, 0) is 59.7 Å². The molecule has 1 saturated carbocycles. The molecule has 0 radical (unpaired) electrons. The second-order valence-corrected chi connectivity index (χ2v) is 12.6. The van der Waals surface area contributed by atoms with E-state index in [4.69, 9.17) is 18.9 Å². The summed E-state index contributed by atoms with van der Waals surface area (Å²) in [5, 5.41) is 0. The summed E-state index contributed by atoms with van der Waals surface area (Å²) in [6.45, 7) is 0.188. The highest BCUT2D eigenvalue weighted by molar-refractivity contribution is 5.99. The molecule has 1 aliphatic rings. The molecule has 9 heteroatoms. The second kappa shape index (κ2) is 17.1. The van der Waals surface area contributed by atoms with E-state index in [-0.39, 0.29) is 26.3 Å². The zero-order chi connectivity index (χ0) is 36.3. The Balaban J connectivity index is 1.30. The summed E-state index contributed by atoms with van der Waals surface area (Å²) in [6, 6.07) is 44.3. The first-order valence-corrected chi connectivity index (χ1v) is 17.0. The number of para-hydroxylation sites is 1. The number of amides is 1. The van der Waals surface area contributed by atoms with E-state index in [2.05, 4.69) is 0 Å². The van der Waals surface area contributed by atoms with Crippen LogP contribution in [0, 0.1) is 23.7 Å². The van der Waals surface area contributed by atoms with Crippen LogP contribution in [0.5, 0.6) is 11.5 Å². The molecule has 5 aromatic carbocycles. The summed E-state index contributed by atoms with van der Waals surface area (Å²) in [7, 11) is 1.18. The van der Waals surface area contributed by atoms with Crippen molar-refractivity contribution < 1.29 is 38.1 Å². The van der Waals surface area contributed by atoms with E-state index in [0.29, 0.717) is 11.5 Å². The first-order valence-electron chi connectivity index (χ1n) is 17.0. The molecule has 9 nitrogen and oxygen atoms in total. The highest BCUT2D eigenvalue weighted by Crippen LogP contribution is 2.50. The molecule has 0 unspecified atom stereocenters. The Labute approximate surface area is 302 Å². The fourth-order valence-corrected chi connectivity index (χ4v) is 6.46. The Bertz CT molecular complexity index is 1870. The molecule has 1 fully saturated rings. The van der Waals surface area contributed by atoms with Gasteiger partial charge in [0.2, 0.25) is 5.91 Å². The lowest BCUT2D eigenvalue weighted by Gasteiger charge is -2.47. The molecule has 0 aliphatic heterocycles. The topological polar surface area (TPSA) is 108 Å². The number of hydrogen-bond acceptors (Lipinski definition) is 8. The third-order valence-corrected chi connectivity index (χ3v) is 9.10. The lowest BCUT2D eigenvalue weighted by atomic mass is 9.55. The average Bonchev–Trinajstić information content (AvgIpc) is 3.18. The summed E-state index contributed by atoms with van der Waals surface area (Å²) >= 11 is 0. The molecule has 0 spiro atoms. The monoisotopic (exact) mass is 697 g/mol. The maximum atomic E-state index is 14.8. The molecule has 6 rings (SSSR count). The summed E-state index contributed by atoms with van der Waals surface area (Å²) in [4.78, 5) is 57.4. The molecular weight excluding hydrogens is 658 g/mol. The molecule has 0 N–H and O–H groups in total. The highest BCUT2D eigenvalue weighted by atomic mass is 16.5. The van der Waals surface area contributed by atoms with Gasteiger partial charge < -0.3 is 23.8 Å². The summed E-state index contributed by atoms with van der Waals surface area (Å²) in [6.07, 6.45) is 0. The Morgan fingerprint density at radius 3 is 1.31 bits per heavy atom. The molecule has 0 saturated heterocycles. The molecule has 264 valence electrons. The van der Waals surface area contributed by atoms with Crippen molar-refractivity contribution in [2.24, 2.45) is 23.7 Å². The van der Waals surface area contributed by atoms with E-state index < -0.39 is 47.5 Å². The Morgan fingerprint density at radius 1 is 0.462 bits per heavy atom.